The summed E-state index contributed by atoms with van der Waals surface area (Å²) in [6.45, 7) is 0.578. The highest BCUT2D eigenvalue weighted by Crippen LogP contribution is 2.33. The lowest BCUT2D eigenvalue weighted by Gasteiger charge is -2.21. The van der Waals surface area contributed by atoms with Gasteiger partial charge in [-0.15, -0.1) is 0 Å². The number of para-hydroxylation sites is 1. The number of carbonyl (C=O) groups excluding carboxylic acids is 1. The van der Waals surface area contributed by atoms with Gasteiger partial charge in [0.05, 0.1) is 29.3 Å². The van der Waals surface area contributed by atoms with Crippen molar-refractivity contribution in [3.05, 3.63) is 65.7 Å². The molecule has 0 spiro atoms. The van der Waals surface area contributed by atoms with Gasteiger partial charge < -0.3 is 5.32 Å². The molecular formula is C21H25N5O. The summed E-state index contributed by atoms with van der Waals surface area (Å²) in [5, 5.41) is 14.6. The number of nitrogens with zero attached hydrogens (tertiary/aromatic N) is 3. The van der Waals surface area contributed by atoms with Crippen LogP contribution in [0.5, 0.6) is 0 Å². The Bertz CT molecular complexity index is 877. The fraction of sp³-hybridized carbons (Fsp3) is 0.381. The third kappa shape index (κ3) is 4.10. The highest BCUT2D eigenvalue weighted by atomic mass is 16.1. The van der Waals surface area contributed by atoms with Crippen LogP contribution in [0.1, 0.15) is 59.6 Å². The van der Waals surface area contributed by atoms with Gasteiger partial charge in [0.15, 0.2) is 0 Å². The number of hydrogen-bond donors (Lipinski definition) is 2. The molecule has 27 heavy (non-hydrogen) atoms. The molecule has 0 aliphatic heterocycles. The van der Waals surface area contributed by atoms with Gasteiger partial charge in [0.25, 0.3) is 5.91 Å². The molecule has 2 N–H and O–H groups in total. The standard InChI is InChI=1S/C21H25N5O/c27-21(19-14-23-25-20(19)17-7-3-1-4-8-17)22-12-11-16-13-24-26(15-16)18-9-5-2-6-10-18/h2,5-6,9-10,13-15,17H,1,3-4,7-8,11-12H2,(H,22,27)(H,23,25). The third-order valence-electron chi connectivity index (χ3n) is 5.28. The van der Waals surface area contributed by atoms with Crippen LogP contribution in [0.2, 0.25) is 0 Å². The van der Waals surface area contributed by atoms with Gasteiger partial charge in [0.2, 0.25) is 0 Å². The number of nitrogens with one attached hydrogen (secondary N) is 2. The van der Waals surface area contributed by atoms with Crippen molar-refractivity contribution >= 4 is 5.91 Å². The van der Waals surface area contributed by atoms with Crippen molar-refractivity contribution in [2.75, 3.05) is 6.54 Å². The summed E-state index contributed by atoms with van der Waals surface area (Å²) in [7, 11) is 0. The highest BCUT2D eigenvalue weighted by Gasteiger charge is 2.23. The van der Waals surface area contributed by atoms with Gasteiger partial charge in [0.1, 0.15) is 0 Å². The molecule has 1 aliphatic carbocycles. The van der Waals surface area contributed by atoms with E-state index in [1.54, 1.807) is 6.20 Å². The molecule has 2 aromatic heterocycles. The molecule has 6 nitrogen and oxygen atoms in total. The minimum atomic E-state index is -0.0419. The highest BCUT2D eigenvalue weighted by molar-refractivity contribution is 5.95. The number of rotatable bonds is 6. The summed E-state index contributed by atoms with van der Waals surface area (Å²) < 4.78 is 1.86. The van der Waals surface area contributed by atoms with E-state index in [4.69, 9.17) is 0 Å². The van der Waals surface area contributed by atoms with Gasteiger partial charge in [0, 0.05) is 18.7 Å². The van der Waals surface area contributed by atoms with E-state index in [2.05, 4.69) is 20.6 Å². The zero-order chi connectivity index (χ0) is 18.5. The molecule has 0 radical (unpaired) electrons. The molecule has 0 saturated heterocycles. The first-order valence-corrected chi connectivity index (χ1v) is 9.71. The van der Waals surface area contributed by atoms with E-state index in [1.165, 1.54) is 19.3 Å². The van der Waals surface area contributed by atoms with E-state index in [-0.39, 0.29) is 5.91 Å². The molecule has 1 amide bonds. The van der Waals surface area contributed by atoms with Gasteiger partial charge in [-0.2, -0.15) is 10.2 Å². The molecule has 6 heteroatoms. The maximum absolute atomic E-state index is 12.6. The number of amides is 1. The minimum Gasteiger partial charge on any atom is -0.352 e. The zero-order valence-electron chi connectivity index (χ0n) is 15.4. The Balaban J connectivity index is 1.33. The normalized spacial score (nSPS) is 15.0. The fourth-order valence-electron chi connectivity index (χ4n) is 3.81. The molecule has 2 heterocycles. The second-order valence-electron chi connectivity index (χ2n) is 7.17. The Hall–Kier alpha value is -2.89. The van der Waals surface area contributed by atoms with Crippen LogP contribution in [0, 0.1) is 0 Å². The van der Waals surface area contributed by atoms with Crippen LogP contribution in [0.4, 0.5) is 0 Å². The van der Waals surface area contributed by atoms with Crippen LogP contribution in [0.15, 0.2) is 48.9 Å². The summed E-state index contributed by atoms with van der Waals surface area (Å²) in [5.74, 6) is 0.394. The number of hydrogen-bond acceptors (Lipinski definition) is 3. The second-order valence-corrected chi connectivity index (χ2v) is 7.17. The van der Waals surface area contributed by atoms with Crippen LogP contribution in [0.3, 0.4) is 0 Å². The van der Waals surface area contributed by atoms with Crippen molar-refractivity contribution in [2.45, 2.75) is 44.4 Å². The van der Waals surface area contributed by atoms with Gasteiger partial charge in [-0.05, 0) is 37.0 Å². The van der Waals surface area contributed by atoms with Crippen LogP contribution in [-0.2, 0) is 6.42 Å². The minimum absolute atomic E-state index is 0.0419. The first-order chi connectivity index (χ1) is 13.3. The summed E-state index contributed by atoms with van der Waals surface area (Å²) in [6.07, 6.45) is 12.3. The molecule has 0 atom stereocenters. The fourth-order valence-corrected chi connectivity index (χ4v) is 3.81. The largest absolute Gasteiger partial charge is 0.352 e. The number of H-pyrrole nitrogens is 1. The van der Waals surface area contributed by atoms with Crippen LogP contribution in [-0.4, -0.2) is 32.4 Å². The number of aromatic nitrogens is 4. The molecule has 140 valence electrons. The Labute approximate surface area is 159 Å². The Morgan fingerprint density at radius 2 is 1.96 bits per heavy atom. The van der Waals surface area contributed by atoms with E-state index < -0.39 is 0 Å². The van der Waals surface area contributed by atoms with Crippen molar-refractivity contribution in [3.63, 3.8) is 0 Å². The molecule has 1 aliphatic rings. The van der Waals surface area contributed by atoms with Crippen molar-refractivity contribution < 1.29 is 4.79 Å². The predicted molar refractivity (Wildman–Crippen MR) is 104 cm³/mol. The van der Waals surface area contributed by atoms with Crippen LogP contribution < -0.4 is 5.32 Å². The van der Waals surface area contributed by atoms with Crippen LogP contribution >= 0.6 is 0 Å². The average Bonchev–Trinajstić information content (AvgIpc) is 3.39. The van der Waals surface area contributed by atoms with Gasteiger partial charge in [-0.3, -0.25) is 9.89 Å². The van der Waals surface area contributed by atoms with E-state index in [9.17, 15) is 4.79 Å². The molecule has 1 aromatic carbocycles. The summed E-state index contributed by atoms with van der Waals surface area (Å²) in [6, 6.07) is 10.0. The quantitative estimate of drug-likeness (QED) is 0.702. The Morgan fingerprint density at radius 3 is 2.78 bits per heavy atom. The summed E-state index contributed by atoms with van der Waals surface area (Å²) in [4.78, 5) is 12.6. The molecule has 1 fully saturated rings. The lowest BCUT2D eigenvalue weighted by Crippen LogP contribution is -2.26. The topological polar surface area (TPSA) is 75.6 Å². The van der Waals surface area contributed by atoms with Gasteiger partial charge in [-0.1, -0.05) is 37.5 Å². The van der Waals surface area contributed by atoms with Crippen molar-refractivity contribution in [2.24, 2.45) is 0 Å². The smallest absolute Gasteiger partial charge is 0.254 e. The van der Waals surface area contributed by atoms with E-state index in [0.717, 1.165) is 36.2 Å². The van der Waals surface area contributed by atoms with Gasteiger partial charge >= 0.3 is 0 Å². The molecule has 1 saturated carbocycles. The van der Waals surface area contributed by atoms with Gasteiger partial charge in [-0.25, -0.2) is 4.68 Å². The van der Waals surface area contributed by atoms with Crippen LogP contribution in [0.25, 0.3) is 5.69 Å². The SMILES string of the molecule is O=C(NCCc1cnn(-c2ccccc2)c1)c1cn[nH]c1C1CCCCC1. The maximum atomic E-state index is 12.6. The summed E-state index contributed by atoms with van der Waals surface area (Å²) in [5.41, 5.74) is 3.83. The van der Waals surface area contributed by atoms with Crippen molar-refractivity contribution in [1.82, 2.24) is 25.3 Å². The maximum Gasteiger partial charge on any atom is 0.254 e. The first kappa shape index (κ1) is 17.5. The van der Waals surface area contributed by atoms with Crippen molar-refractivity contribution in [3.8, 4) is 5.69 Å². The lowest BCUT2D eigenvalue weighted by molar-refractivity contribution is 0.0952. The molecule has 0 unspecified atom stereocenters. The second kappa shape index (κ2) is 8.20. The lowest BCUT2D eigenvalue weighted by atomic mass is 9.85. The molecular weight excluding hydrogens is 338 g/mol. The first-order valence-electron chi connectivity index (χ1n) is 9.71. The Morgan fingerprint density at radius 1 is 1.15 bits per heavy atom. The van der Waals surface area contributed by atoms with E-state index >= 15 is 0 Å². The number of aromatic amines is 1. The van der Waals surface area contributed by atoms with E-state index in [0.29, 0.717) is 18.0 Å². The predicted octanol–water partition coefficient (Wildman–Crippen LogP) is 3.62. The average molecular weight is 363 g/mol. The Kier molecular flexibility index (Phi) is 5.32. The van der Waals surface area contributed by atoms with E-state index in [1.807, 2.05) is 47.4 Å². The monoisotopic (exact) mass is 363 g/mol. The molecule has 0 bridgehead atoms. The molecule has 4 rings (SSSR count). The third-order valence-corrected chi connectivity index (χ3v) is 5.28. The summed E-state index contributed by atoms with van der Waals surface area (Å²) >= 11 is 0. The van der Waals surface area contributed by atoms with Crippen molar-refractivity contribution in [1.29, 1.82) is 0 Å². The zero-order valence-corrected chi connectivity index (χ0v) is 15.4. The number of carbonyl (C=O) groups is 1. The number of benzene rings is 1. The molecule has 3 aromatic rings.